The summed E-state index contributed by atoms with van der Waals surface area (Å²) in [6, 6.07) is 15.2. The fourth-order valence-electron chi connectivity index (χ4n) is 2.32. The Bertz CT molecular complexity index is 799. The number of hydrogen-bond acceptors (Lipinski definition) is 4. The number of likely N-dealkylation sites (N-methyl/N-ethyl adjacent to an activating group) is 1. The molecule has 5 nitrogen and oxygen atoms in total. The number of aliphatic hydroxyl groups is 2. The number of benzene rings is 2. The summed E-state index contributed by atoms with van der Waals surface area (Å²) in [7, 11) is -2.47. The molecule has 0 saturated heterocycles. The van der Waals surface area contributed by atoms with E-state index < -0.39 is 16.1 Å². The molecule has 2 N–H and O–H groups in total. The quantitative estimate of drug-likeness (QED) is 0.840. The third-order valence-corrected chi connectivity index (χ3v) is 5.54. The molecule has 6 heteroatoms. The van der Waals surface area contributed by atoms with Crippen LogP contribution in [0.25, 0.3) is 0 Å². The van der Waals surface area contributed by atoms with Gasteiger partial charge in [-0.1, -0.05) is 48.0 Å². The summed E-state index contributed by atoms with van der Waals surface area (Å²) in [6.07, 6.45) is 0.132. The highest BCUT2D eigenvalue weighted by Gasteiger charge is 2.27. The van der Waals surface area contributed by atoms with E-state index in [1.807, 2.05) is 6.92 Å². The van der Waals surface area contributed by atoms with Crippen LogP contribution in [-0.2, 0) is 10.0 Å². The van der Waals surface area contributed by atoms with Gasteiger partial charge in [-0.15, -0.1) is 0 Å². The standard InChI is InChI=1S/C18H21NO4S/c1-14-8-10-16(11-9-14)24(22,23)19(2)17(12-13-20)18(21)15-6-4-3-5-7-15/h3-12,18,20-21H,13H2,1-2H3/b17-12-. The third-order valence-electron chi connectivity index (χ3n) is 3.74. The van der Waals surface area contributed by atoms with Crippen LogP contribution in [0.3, 0.4) is 0 Å². The molecular weight excluding hydrogens is 326 g/mol. The predicted octanol–water partition coefficient (Wildman–Crippen LogP) is 2.23. The molecule has 2 aromatic carbocycles. The van der Waals surface area contributed by atoms with Gasteiger partial charge in [0.05, 0.1) is 17.2 Å². The van der Waals surface area contributed by atoms with Crippen LogP contribution >= 0.6 is 0 Å². The molecule has 0 aliphatic heterocycles. The first-order valence-electron chi connectivity index (χ1n) is 7.47. The summed E-state index contributed by atoms with van der Waals surface area (Å²) in [6.45, 7) is 1.49. The van der Waals surface area contributed by atoms with Crippen LogP contribution in [0.1, 0.15) is 17.2 Å². The maximum atomic E-state index is 12.8. The lowest BCUT2D eigenvalue weighted by atomic mass is 10.1. The van der Waals surface area contributed by atoms with E-state index in [1.54, 1.807) is 42.5 Å². The van der Waals surface area contributed by atoms with Crippen molar-refractivity contribution < 1.29 is 18.6 Å². The lowest BCUT2D eigenvalue weighted by Gasteiger charge is -2.26. The van der Waals surface area contributed by atoms with E-state index in [4.69, 9.17) is 0 Å². The SMILES string of the molecule is Cc1ccc(S(=O)(=O)N(C)/C(=C\CO)C(O)c2ccccc2)cc1. The second-order valence-electron chi connectivity index (χ2n) is 5.41. The molecule has 0 heterocycles. The van der Waals surface area contributed by atoms with E-state index in [-0.39, 0.29) is 17.2 Å². The van der Waals surface area contributed by atoms with Crippen molar-refractivity contribution in [2.75, 3.05) is 13.7 Å². The molecule has 0 fully saturated rings. The zero-order valence-electron chi connectivity index (χ0n) is 13.6. The lowest BCUT2D eigenvalue weighted by molar-refractivity contribution is 0.191. The van der Waals surface area contributed by atoms with Crippen molar-refractivity contribution in [2.45, 2.75) is 17.9 Å². The van der Waals surface area contributed by atoms with Gasteiger partial charge in [-0.05, 0) is 30.7 Å². The van der Waals surface area contributed by atoms with Gasteiger partial charge in [-0.25, -0.2) is 8.42 Å². The molecule has 1 atom stereocenters. The molecule has 0 radical (unpaired) electrons. The first kappa shape index (κ1) is 18.2. The second kappa shape index (κ2) is 7.61. The smallest absolute Gasteiger partial charge is 0.263 e. The molecule has 128 valence electrons. The Kier molecular flexibility index (Phi) is 5.77. The molecule has 0 saturated carbocycles. The summed E-state index contributed by atoms with van der Waals surface area (Å²) in [5.41, 5.74) is 1.60. The first-order chi connectivity index (χ1) is 11.4. The minimum Gasteiger partial charge on any atom is -0.392 e. The van der Waals surface area contributed by atoms with E-state index in [2.05, 4.69) is 0 Å². The van der Waals surface area contributed by atoms with Crippen LogP contribution in [-0.4, -0.2) is 36.6 Å². The summed E-state index contributed by atoms with van der Waals surface area (Å²) in [4.78, 5) is 0.125. The van der Waals surface area contributed by atoms with Crippen molar-refractivity contribution in [3.05, 3.63) is 77.5 Å². The van der Waals surface area contributed by atoms with E-state index in [1.165, 1.54) is 25.3 Å². The van der Waals surface area contributed by atoms with Crippen molar-refractivity contribution in [3.63, 3.8) is 0 Å². The van der Waals surface area contributed by atoms with Crippen LogP contribution in [0.2, 0.25) is 0 Å². The number of aliphatic hydroxyl groups excluding tert-OH is 2. The molecule has 0 aromatic heterocycles. The third kappa shape index (κ3) is 3.84. The number of rotatable bonds is 6. The Morgan fingerprint density at radius 3 is 2.25 bits per heavy atom. The maximum absolute atomic E-state index is 12.8. The van der Waals surface area contributed by atoms with Crippen molar-refractivity contribution >= 4 is 10.0 Å². The number of sulfonamides is 1. The highest BCUT2D eigenvalue weighted by Crippen LogP contribution is 2.28. The topological polar surface area (TPSA) is 77.8 Å². The Balaban J connectivity index is 2.40. The minimum absolute atomic E-state index is 0.101. The lowest BCUT2D eigenvalue weighted by Crippen LogP contribution is -2.29. The molecule has 2 rings (SSSR count). The van der Waals surface area contributed by atoms with Crippen LogP contribution in [0, 0.1) is 6.92 Å². The van der Waals surface area contributed by atoms with Gasteiger partial charge in [-0.2, -0.15) is 0 Å². The largest absolute Gasteiger partial charge is 0.392 e. The Labute approximate surface area is 142 Å². The molecule has 0 spiro atoms. The van der Waals surface area contributed by atoms with Crippen molar-refractivity contribution in [2.24, 2.45) is 0 Å². The summed E-state index contributed by atoms with van der Waals surface area (Å²) in [5.74, 6) is 0. The van der Waals surface area contributed by atoms with Crippen molar-refractivity contribution in [3.8, 4) is 0 Å². The van der Waals surface area contributed by atoms with Crippen molar-refractivity contribution in [1.29, 1.82) is 0 Å². The normalized spacial score (nSPS) is 13.6. The molecule has 0 amide bonds. The highest BCUT2D eigenvalue weighted by atomic mass is 32.2. The average molecular weight is 347 g/mol. The molecule has 0 aliphatic carbocycles. The maximum Gasteiger partial charge on any atom is 0.263 e. The highest BCUT2D eigenvalue weighted by molar-refractivity contribution is 7.89. The zero-order valence-corrected chi connectivity index (χ0v) is 14.4. The molecule has 0 aliphatic rings. The fourth-order valence-corrected chi connectivity index (χ4v) is 3.57. The first-order valence-corrected chi connectivity index (χ1v) is 8.91. The average Bonchev–Trinajstić information content (AvgIpc) is 2.59. The summed E-state index contributed by atoms with van der Waals surface area (Å²) < 4.78 is 26.6. The van der Waals surface area contributed by atoms with Crippen LogP contribution in [0.15, 0.2) is 71.3 Å². The van der Waals surface area contributed by atoms with Gasteiger partial charge < -0.3 is 10.2 Å². The van der Waals surface area contributed by atoms with Gasteiger partial charge in [0.15, 0.2) is 0 Å². The van der Waals surface area contributed by atoms with Gasteiger partial charge >= 0.3 is 0 Å². The van der Waals surface area contributed by atoms with Crippen molar-refractivity contribution in [1.82, 2.24) is 4.31 Å². The van der Waals surface area contributed by atoms with Gasteiger partial charge in [-0.3, -0.25) is 4.31 Å². The number of nitrogens with zero attached hydrogens (tertiary/aromatic N) is 1. The molecule has 24 heavy (non-hydrogen) atoms. The van der Waals surface area contributed by atoms with Crippen LogP contribution < -0.4 is 0 Å². The number of aryl methyl sites for hydroxylation is 1. The summed E-state index contributed by atoms with van der Waals surface area (Å²) >= 11 is 0. The van der Waals surface area contributed by atoms with Gasteiger partial charge in [0, 0.05) is 7.05 Å². The zero-order chi connectivity index (χ0) is 17.7. The van der Waals surface area contributed by atoms with Gasteiger partial charge in [0.2, 0.25) is 0 Å². The van der Waals surface area contributed by atoms with Gasteiger partial charge in [0.25, 0.3) is 10.0 Å². The second-order valence-corrected chi connectivity index (χ2v) is 7.38. The van der Waals surface area contributed by atoms with Gasteiger partial charge in [0.1, 0.15) is 6.10 Å². The Morgan fingerprint density at radius 2 is 1.71 bits per heavy atom. The monoisotopic (exact) mass is 347 g/mol. The van der Waals surface area contributed by atoms with Crippen LogP contribution in [0.5, 0.6) is 0 Å². The van der Waals surface area contributed by atoms with E-state index >= 15 is 0 Å². The van der Waals surface area contributed by atoms with E-state index in [0.717, 1.165) is 9.87 Å². The van der Waals surface area contributed by atoms with Crippen LogP contribution in [0.4, 0.5) is 0 Å². The molecule has 1 unspecified atom stereocenters. The summed E-state index contributed by atoms with van der Waals surface area (Å²) in [5, 5.41) is 19.8. The molecule has 0 bridgehead atoms. The molecule has 2 aromatic rings. The van der Waals surface area contributed by atoms with E-state index in [0.29, 0.717) is 5.56 Å². The fraction of sp³-hybridized carbons (Fsp3) is 0.222. The number of hydrogen-bond donors (Lipinski definition) is 2. The minimum atomic E-state index is -3.84. The Morgan fingerprint density at radius 1 is 1.12 bits per heavy atom. The van der Waals surface area contributed by atoms with E-state index in [9.17, 15) is 18.6 Å². The predicted molar refractivity (Wildman–Crippen MR) is 92.7 cm³/mol. The Hall–Kier alpha value is -2.15. The molecular formula is C18H21NO4S.